The number of hydrogen-bond acceptors (Lipinski definition) is 5. The number of ketones is 1. The van der Waals surface area contributed by atoms with Gasteiger partial charge in [-0.1, -0.05) is 84.1 Å². The number of nitrogens with zero attached hydrogens (tertiary/aromatic N) is 2. The van der Waals surface area contributed by atoms with Crippen molar-refractivity contribution in [2.24, 2.45) is 0 Å². The highest BCUT2D eigenvalue weighted by molar-refractivity contribution is 7.22. The van der Waals surface area contributed by atoms with Gasteiger partial charge >= 0.3 is 5.91 Å². The number of fused-ring (bicyclic) bond motifs is 1. The van der Waals surface area contributed by atoms with Crippen molar-refractivity contribution in [2.45, 2.75) is 6.04 Å². The van der Waals surface area contributed by atoms with Crippen molar-refractivity contribution < 1.29 is 14.7 Å². The molecule has 146 valence electrons. The lowest BCUT2D eigenvalue weighted by molar-refractivity contribution is -0.132. The van der Waals surface area contributed by atoms with Crippen molar-refractivity contribution in [1.82, 2.24) is 4.98 Å². The number of para-hydroxylation sites is 1. The zero-order valence-electron chi connectivity index (χ0n) is 15.7. The van der Waals surface area contributed by atoms with E-state index in [1.54, 1.807) is 24.3 Å². The Labute approximate surface area is 176 Å². The third kappa shape index (κ3) is 2.89. The van der Waals surface area contributed by atoms with E-state index in [1.165, 1.54) is 16.2 Å². The number of aliphatic hydroxyl groups excluding tert-OH is 1. The summed E-state index contributed by atoms with van der Waals surface area (Å²) < 4.78 is 0.921. The van der Waals surface area contributed by atoms with Crippen molar-refractivity contribution in [1.29, 1.82) is 0 Å². The summed E-state index contributed by atoms with van der Waals surface area (Å²) in [4.78, 5) is 32.2. The Morgan fingerprint density at radius 2 is 1.50 bits per heavy atom. The number of carbonyl (C=O) groups is 2. The van der Waals surface area contributed by atoms with Gasteiger partial charge in [-0.05, 0) is 17.7 Å². The van der Waals surface area contributed by atoms with Gasteiger partial charge in [0.05, 0.1) is 21.8 Å². The van der Waals surface area contributed by atoms with Crippen LogP contribution in [0.3, 0.4) is 0 Å². The summed E-state index contributed by atoms with van der Waals surface area (Å²) in [7, 11) is 0. The molecule has 5 rings (SSSR count). The fourth-order valence-corrected chi connectivity index (χ4v) is 4.69. The van der Waals surface area contributed by atoms with Gasteiger partial charge in [-0.15, -0.1) is 0 Å². The standard InChI is InChI=1S/C24H16N2O3S/c27-21(16-11-5-2-6-12-16)19-20(15-9-3-1-4-10-15)26(23(29)22(19)28)24-25-17-13-7-8-14-18(17)30-24/h1-14,20,27H. The number of Topliss-reactive ketones (excluding diaryl/α,β-unsaturated/α-hetero) is 1. The predicted octanol–water partition coefficient (Wildman–Crippen LogP) is 4.92. The molecule has 1 N–H and O–H groups in total. The lowest BCUT2D eigenvalue weighted by Crippen LogP contribution is -2.29. The molecule has 1 amide bonds. The van der Waals surface area contributed by atoms with E-state index in [0.717, 1.165) is 15.8 Å². The van der Waals surface area contributed by atoms with Gasteiger partial charge in [0.25, 0.3) is 5.78 Å². The molecular formula is C24H16N2O3S. The maximum atomic E-state index is 13.1. The molecule has 1 saturated heterocycles. The van der Waals surface area contributed by atoms with Gasteiger partial charge in [0.15, 0.2) is 5.13 Å². The van der Waals surface area contributed by atoms with Crippen molar-refractivity contribution in [2.75, 3.05) is 4.90 Å². The third-order valence-electron chi connectivity index (χ3n) is 5.10. The molecular weight excluding hydrogens is 396 g/mol. The molecule has 0 bridgehead atoms. The Bertz CT molecular complexity index is 1260. The zero-order valence-corrected chi connectivity index (χ0v) is 16.5. The van der Waals surface area contributed by atoms with Crippen LogP contribution in [0.1, 0.15) is 17.2 Å². The van der Waals surface area contributed by atoms with Gasteiger partial charge in [0, 0.05) is 5.56 Å². The summed E-state index contributed by atoms with van der Waals surface area (Å²) in [5.41, 5.74) is 2.04. The van der Waals surface area contributed by atoms with Crippen molar-refractivity contribution in [3.63, 3.8) is 0 Å². The highest BCUT2D eigenvalue weighted by Gasteiger charge is 2.48. The van der Waals surface area contributed by atoms with Crippen LogP contribution < -0.4 is 4.90 Å². The van der Waals surface area contributed by atoms with Crippen LogP contribution in [-0.2, 0) is 9.59 Å². The SMILES string of the molecule is O=C1C(=O)N(c2nc3ccccc3s2)C(c2ccccc2)C1=C(O)c1ccccc1. The summed E-state index contributed by atoms with van der Waals surface area (Å²) >= 11 is 1.35. The van der Waals surface area contributed by atoms with Gasteiger partial charge in [-0.2, -0.15) is 0 Å². The third-order valence-corrected chi connectivity index (χ3v) is 6.13. The maximum absolute atomic E-state index is 13.1. The first-order chi connectivity index (χ1) is 14.6. The van der Waals surface area contributed by atoms with Crippen LogP contribution in [0.2, 0.25) is 0 Å². The van der Waals surface area contributed by atoms with E-state index in [-0.39, 0.29) is 11.3 Å². The lowest BCUT2D eigenvalue weighted by atomic mass is 9.95. The van der Waals surface area contributed by atoms with E-state index in [4.69, 9.17) is 0 Å². The van der Waals surface area contributed by atoms with Crippen LogP contribution in [0.5, 0.6) is 0 Å². The summed E-state index contributed by atoms with van der Waals surface area (Å²) in [5, 5.41) is 11.4. The highest BCUT2D eigenvalue weighted by Crippen LogP contribution is 2.44. The average Bonchev–Trinajstić information content (AvgIpc) is 3.33. The van der Waals surface area contributed by atoms with E-state index < -0.39 is 17.7 Å². The molecule has 0 saturated carbocycles. The second-order valence-corrected chi connectivity index (χ2v) is 7.92. The Morgan fingerprint density at radius 3 is 2.20 bits per heavy atom. The van der Waals surface area contributed by atoms with Crippen molar-refractivity contribution in [3.05, 3.63) is 102 Å². The van der Waals surface area contributed by atoms with Crippen molar-refractivity contribution >= 4 is 44.1 Å². The van der Waals surface area contributed by atoms with Gasteiger partial charge in [0.2, 0.25) is 0 Å². The number of benzene rings is 3. The summed E-state index contributed by atoms with van der Waals surface area (Å²) in [6.07, 6.45) is 0. The van der Waals surface area contributed by atoms with Crippen LogP contribution in [0.15, 0.2) is 90.5 Å². The second-order valence-electron chi connectivity index (χ2n) is 6.91. The van der Waals surface area contributed by atoms with Crippen LogP contribution in [0.25, 0.3) is 16.0 Å². The Balaban J connectivity index is 1.74. The van der Waals surface area contributed by atoms with E-state index in [0.29, 0.717) is 10.7 Å². The van der Waals surface area contributed by atoms with E-state index in [1.807, 2.05) is 60.7 Å². The summed E-state index contributed by atoms with van der Waals surface area (Å²) in [6.45, 7) is 0. The Morgan fingerprint density at radius 1 is 0.867 bits per heavy atom. The number of thiazole rings is 1. The fourth-order valence-electron chi connectivity index (χ4n) is 3.70. The molecule has 30 heavy (non-hydrogen) atoms. The number of aliphatic hydroxyl groups is 1. The predicted molar refractivity (Wildman–Crippen MR) is 117 cm³/mol. The molecule has 0 aliphatic carbocycles. The number of amides is 1. The molecule has 1 aliphatic heterocycles. The fraction of sp³-hybridized carbons (Fsp3) is 0.0417. The van der Waals surface area contributed by atoms with Gasteiger partial charge in [0.1, 0.15) is 5.76 Å². The maximum Gasteiger partial charge on any atom is 0.301 e. The van der Waals surface area contributed by atoms with Crippen LogP contribution in [-0.4, -0.2) is 21.8 Å². The monoisotopic (exact) mass is 412 g/mol. The average molecular weight is 412 g/mol. The van der Waals surface area contributed by atoms with Gasteiger partial charge in [-0.3, -0.25) is 14.5 Å². The molecule has 4 aromatic rings. The quantitative estimate of drug-likeness (QED) is 0.294. The molecule has 1 unspecified atom stereocenters. The Kier molecular flexibility index (Phi) is 4.41. The molecule has 0 spiro atoms. The van der Waals surface area contributed by atoms with Gasteiger partial charge < -0.3 is 5.11 Å². The molecule has 1 fully saturated rings. The van der Waals surface area contributed by atoms with Crippen LogP contribution >= 0.6 is 11.3 Å². The minimum Gasteiger partial charge on any atom is -0.507 e. The first kappa shape index (κ1) is 18.3. The molecule has 1 aliphatic rings. The zero-order chi connectivity index (χ0) is 20.7. The molecule has 5 nitrogen and oxygen atoms in total. The topological polar surface area (TPSA) is 70.5 Å². The number of hydrogen-bond donors (Lipinski definition) is 1. The van der Waals surface area contributed by atoms with E-state index >= 15 is 0 Å². The number of rotatable bonds is 3. The smallest absolute Gasteiger partial charge is 0.301 e. The number of anilines is 1. The minimum atomic E-state index is -0.757. The van der Waals surface area contributed by atoms with E-state index in [2.05, 4.69) is 4.98 Å². The Hall–Kier alpha value is -3.77. The summed E-state index contributed by atoms with van der Waals surface area (Å²) in [5.74, 6) is -1.60. The van der Waals surface area contributed by atoms with Gasteiger partial charge in [-0.25, -0.2) is 4.98 Å². The molecule has 3 aromatic carbocycles. The minimum absolute atomic E-state index is 0.0663. The first-order valence-electron chi connectivity index (χ1n) is 9.42. The van der Waals surface area contributed by atoms with E-state index in [9.17, 15) is 14.7 Å². The molecule has 6 heteroatoms. The first-order valence-corrected chi connectivity index (χ1v) is 10.2. The summed E-state index contributed by atoms with van der Waals surface area (Å²) in [6, 6.07) is 24.9. The lowest BCUT2D eigenvalue weighted by Gasteiger charge is -2.22. The molecule has 1 atom stereocenters. The molecule has 0 radical (unpaired) electrons. The molecule has 2 heterocycles. The van der Waals surface area contributed by atoms with Crippen molar-refractivity contribution in [3.8, 4) is 0 Å². The normalized spacial score (nSPS) is 18.3. The molecule has 1 aromatic heterocycles. The van der Waals surface area contributed by atoms with Crippen LogP contribution in [0.4, 0.5) is 5.13 Å². The second kappa shape index (κ2) is 7.24. The largest absolute Gasteiger partial charge is 0.507 e. The number of carbonyl (C=O) groups excluding carboxylic acids is 2. The van der Waals surface area contributed by atoms with Crippen LogP contribution in [0, 0.1) is 0 Å². The highest BCUT2D eigenvalue weighted by atomic mass is 32.1. The number of aromatic nitrogens is 1.